The molecule has 0 aliphatic carbocycles. The van der Waals surface area contributed by atoms with Crippen LogP contribution in [0, 0.1) is 18.3 Å². The fraction of sp³-hybridized carbons (Fsp3) is 0.800. The molecular weight excluding hydrogens is 198 g/mol. The van der Waals surface area contributed by atoms with Crippen molar-refractivity contribution in [2.45, 2.75) is 25.3 Å². The Labute approximate surface area is 86.2 Å². The summed E-state index contributed by atoms with van der Waals surface area (Å²) in [5, 5.41) is 3.16. The molecule has 0 bridgehead atoms. The van der Waals surface area contributed by atoms with Crippen molar-refractivity contribution in [3.63, 3.8) is 0 Å². The lowest BCUT2D eigenvalue weighted by Gasteiger charge is -2.20. The minimum Gasteiger partial charge on any atom is -0.317 e. The number of rotatable bonds is 4. The molecule has 1 aliphatic rings. The molecule has 1 heterocycles. The SMILES string of the molecule is C#CCCC(NC)C1CCS(=O)(=O)C1. The third-order valence-electron chi connectivity index (χ3n) is 2.81. The van der Waals surface area contributed by atoms with Gasteiger partial charge in [0, 0.05) is 12.5 Å². The summed E-state index contributed by atoms with van der Waals surface area (Å²) >= 11 is 0. The summed E-state index contributed by atoms with van der Waals surface area (Å²) in [6.45, 7) is 0. The van der Waals surface area contributed by atoms with Gasteiger partial charge in [-0.1, -0.05) is 0 Å². The lowest BCUT2D eigenvalue weighted by molar-refractivity contribution is 0.387. The number of hydrogen-bond donors (Lipinski definition) is 1. The molecule has 0 saturated carbocycles. The van der Waals surface area contributed by atoms with Gasteiger partial charge < -0.3 is 5.32 Å². The minimum absolute atomic E-state index is 0.248. The van der Waals surface area contributed by atoms with Crippen molar-refractivity contribution in [2.24, 2.45) is 5.92 Å². The van der Waals surface area contributed by atoms with Crippen molar-refractivity contribution < 1.29 is 8.42 Å². The van der Waals surface area contributed by atoms with Crippen molar-refractivity contribution >= 4 is 9.84 Å². The molecule has 0 spiro atoms. The van der Waals surface area contributed by atoms with Crippen LogP contribution in [0.5, 0.6) is 0 Å². The maximum Gasteiger partial charge on any atom is 0.150 e. The van der Waals surface area contributed by atoms with Gasteiger partial charge >= 0.3 is 0 Å². The highest BCUT2D eigenvalue weighted by Crippen LogP contribution is 2.23. The zero-order chi connectivity index (χ0) is 10.6. The molecule has 0 amide bonds. The molecule has 80 valence electrons. The van der Waals surface area contributed by atoms with Gasteiger partial charge in [-0.3, -0.25) is 0 Å². The summed E-state index contributed by atoms with van der Waals surface area (Å²) in [6, 6.07) is 0.253. The molecule has 4 heteroatoms. The van der Waals surface area contributed by atoms with Crippen LogP contribution in [-0.4, -0.2) is 33.0 Å². The molecule has 1 rings (SSSR count). The molecule has 1 aliphatic heterocycles. The largest absolute Gasteiger partial charge is 0.317 e. The zero-order valence-corrected chi connectivity index (χ0v) is 9.31. The van der Waals surface area contributed by atoms with E-state index in [0.717, 1.165) is 12.8 Å². The smallest absolute Gasteiger partial charge is 0.150 e. The van der Waals surface area contributed by atoms with Crippen LogP contribution < -0.4 is 5.32 Å². The standard InChI is InChI=1S/C10H17NO2S/c1-3-4-5-10(11-2)9-6-7-14(12,13)8-9/h1,9-11H,4-8H2,2H3. The summed E-state index contributed by atoms with van der Waals surface area (Å²) in [5.74, 6) is 3.50. The van der Waals surface area contributed by atoms with E-state index >= 15 is 0 Å². The molecule has 1 N–H and O–H groups in total. The second-order valence-electron chi connectivity index (χ2n) is 3.80. The topological polar surface area (TPSA) is 46.2 Å². The van der Waals surface area contributed by atoms with E-state index in [2.05, 4.69) is 11.2 Å². The number of hydrogen-bond acceptors (Lipinski definition) is 3. The van der Waals surface area contributed by atoms with Crippen LogP contribution in [0.2, 0.25) is 0 Å². The highest BCUT2D eigenvalue weighted by Gasteiger charge is 2.32. The Morgan fingerprint density at radius 1 is 1.64 bits per heavy atom. The van der Waals surface area contributed by atoms with Gasteiger partial charge in [0.15, 0.2) is 9.84 Å². The van der Waals surface area contributed by atoms with E-state index in [9.17, 15) is 8.42 Å². The number of nitrogens with one attached hydrogen (secondary N) is 1. The van der Waals surface area contributed by atoms with E-state index in [1.54, 1.807) is 0 Å². The van der Waals surface area contributed by atoms with Gasteiger partial charge in [0.05, 0.1) is 11.5 Å². The normalized spacial score (nSPS) is 27.0. The van der Waals surface area contributed by atoms with E-state index in [1.807, 2.05) is 7.05 Å². The summed E-state index contributed by atoms with van der Waals surface area (Å²) < 4.78 is 22.5. The van der Waals surface area contributed by atoms with Crippen molar-refractivity contribution in [2.75, 3.05) is 18.6 Å². The van der Waals surface area contributed by atoms with Crippen LogP contribution >= 0.6 is 0 Å². The fourth-order valence-corrected chi connectivity index (χ4v) is 3.88. The second-order valence-corrected chi connectivity index (χ2v) is 6.03. The maximum atomic E-state index is 11.3. The van der Waals surface area contributed by atoms with Crippen LogP contribution in [0.3, 0.4) is 0 Å². The molecule has 1 saturated heterocycles. The van der Waals surface area contributed by atoms with Crippen LogP contribution in [0.1, 0.15) is 19.3 Å². The first-order valence-corrected chi connectivity index (χ1v) is 6.72. The Balaban J connectivity index is 2.51. The molecule has 2 atom stereocenters. The Hall–Kier alpha value is -0.530. The average molecular weight is 215 g/mol. The van der Waals surface area contributed by atoms with Crippen molar-refractivity contribution in [3.8, 4) is 12.3 Å². The fourth-order valence-electron chi connectivity index (χ4n) is 2.00. The highest BCUT2D eigenvalue weighted by atomic mass is 32.2. The predicted molar refractivity (Wildman–Crippen MR) is 57.7 cm³/mol. The first-order valence-electron chi connectivity index (χ1n) is 4.90. The van der Waals surface area contributed by atoms with Gasteiger partial charge in [0.25, 0.3) is 0 Å². The zero-order valence-electron chi connectivity index (χ0n) is 8.49. The Morgan fingerprint density at radius 2 is 2.36 bits per heavy atom. The number of terminal acetylenes is 1. The molecule has 3 nitrogen and oxygen atoms in total. The predicted octanol–water partition coefficient (Wildman–Crippen LogP) is 0.422. The second kappa shape index (κ2) is 4.81. The van der Waals surface area contributed by atoms with Crippen LogP contribution in [0.4, 0.5) is 0 Å². The lowest BCUT2D eigenvalue weighted by atomic mass is 9.95. The third kappa shape index (κ3) is 3.00. The van der Waals surface area contributed by atoms with Crippen molar-refractivity contribution in [3.05, 3.63) is 0 Å². The highest BCUT2D eigenvalue weighted by molar-refractivity contribution is 7.91. The Morgan fingerprint density at radius 3 is 2.79 bits per heavy atom. The van der Waals surface area contributed by atoms with E-state index in [-0.39, 0.29) is 12.0 Å². The van der Waals surface area contributed by atoms with Gasteiger partial charge in [-0.15, -0.1) is 12.3 Å². The first kappa shape index (κ1) is 11.5. The van der Waals surface area contributed by atoms with Gasteiger partial charge in [0.2, 0.25) is 0 Å². The van der Waals surface area contributed by atoms with E-state index in [4.69, 9.17) is 6.42 Å². The monoisotopic (exact) mass is 215 g/mol. The molecular formula is C10H17NO2S. The summed E-state index contributed by atoms with van der Waals surface area (Å²) in [7, 11) is -0.900. The van der Waals surface area contributed by atoms with Crippen molar-refractivity contribution in [1.82, 2.24) is 5.32 Å². The summed E-state index contributed by atoms with van der Waals surface area (Å²) in [5.41, 5.74) is 0. The van der Waals surface area contributed by atoms with Crippen LogP contribution in [-0.2, 0) is 9.84 Å². The van der Waals surface area contributed by atoms with Crippen molar-refractivity contribution in [1.29, 1.82) is 0 Å². The molecule has 0 aromatic heterocycles. The first-order chi connectivity index (χ1) is 6.59. The third-order valence-corrected chi connectivity index (χ3v) is 4.60. The molecule has 14 heavy (non-hydrogen) atoms. The van der Waals surface area contributed by atoms with Crippen LogP contribution in [0.15, 0.2) is 0 Å². The minimum atomic E-state index is -2.77. The van der Waals surface area contributed by atoms with Gasteiger partial charge in [-0.2, -0.15) is 0 Å². The van der Waals surface area contributed by atoms with E-state index < -0.39 is 9.84 Å². The summed E-state index contributed by atoms with van der Waals surface area (Å²) in [6.07, 6.45) is 7.54. The quantitative estimate of drug-likeness (QED) is 0.691. The van der Waals surface area contributed by atoms with E-state index in [1.165, 1.54) is 0 Å². The number of sulfone groups is 1. The molecule has 2 unspecified atom stereocenters. The Bertz CT molecular complexity index is 316. The van der Waals surface area contributed by atoms with Gasteiger partial charge in [-0.25, -0.2) is 8.42 Å². The molecule has 0 aromatic rings. The lowest BCUT2D eigenvalue weighted by Crippen LogP contribution is -2.34. The van der Waals surface area contributed by atoms with Gasteiger partial charge in [0.1, 0.15) is 0 Å². The van der Waals surface area contributed by atoms with E-state index in [0.29, 0.717) is 17.9 Å². The summed E-state index contributed by atoms with van der Waals surface area (Å²) in [4.78, 5) is 0. The molecule has 1 fully saturated rings. The molecule has 0 aromatic carbocycles. The Kier molecular flexibility index (Phi) is 3.97. The maximum absolute atomic E-state index is 11.3. The van der Waals surface area contributed by atoms with Gasteiger partial charge in [-0.05, 0) is 25.8 Å². The average Bonchev–Trinajstić information content (AvgIpc) is 2.48. The molecule has 0 radical (unpaired) electrons. The van der Waals surface area contributed by atoms with Crippen LogP contribution in [0.25, 0.3) is 0 Å².